The van der Waals surface area contributed by atoms with Crippen molar-refractivity contribution in [3.8, 4) is 0 Å². The van der Waals surface area contributed by atoms with Gasteiger partial charge in [-0.05, 0) is 110 Å². The largest absolute Gasteiger partial charge is 0.333 e. The number of Topliss-reactive ketones (excluding diaryl/α,β-unsaturated/α-hetero) is 1. The minimum atomic E-state index is -4.11. The van der Waals surface area contributed by atoms with E-state index in [9.17, 15) is 18.0 Å². The average molecular weight is 465 g/mol. The fraction of sp³-hybridized carbons (Fsp3) is 0.462. The van der Waals surface area contributed by atoms with Gasteiger partial charge in [0.1, 0.15) is 0 Å². The van der Waals surface area contributed by atoms with Gasteiger partial charge in [0.25, 0.3) is 10.0 Å². The summed E-state index contributed by atoms with van der Waals surface area (Å²) in [4.78, 5) is 25.8. The van der Waals surface area contributed by atoms with E-state index < -0.39 is 16.1 Å². The van der Waals surface area contributed by atoms with Gasteiger partial charge in [-0.2, -0.15) is 0 Å². The molecule has 1 saturated carbocycles. The van der Waals surface area contributed by atoms with Gasteiger partial charge in [0.2, 0.25) is 0 Å². The van der Waals surface area contributed by atoms with Crippen LogP contribution in [0.25, 0.3) is 0 Å². The van der Waals surface area contributed by atoms with Crippen LogP contribution < -0.4 is 10.0 Å². The first-order chi connectivity index (χ1) is 15.9. The second kappa shape index (κ2) is 7.69. The van der Waals surface area contributed by atoms with Crippen LogP contribution in [0.5, 0.6) is 0 Å². The summed E-state index contributed by atoms with van der Waals surface area (Å²) in [5, 5.41) is 2.88. The van der Waals surface area contributed by atoms with Gasteiger partial charge in [-0.1, -0.05) is 12.1 Å². The zero-order valence-corrected chi connectivity index (χ0v) is 19.4. The number of hydrogen-bond donors (Lipinski definition) is 2. The Labute approximate surface area is 194 Å². The van der Waals surface area contributed by atoms with Gasteiger partial charge >= 0.3 is 6.03 Å². The minimum Gasteiger partial charge on any atom is -0.307 e. The molecule has 0 saturated heterocycles. The molecule has 0 unspecified atom stereocenters. The second-order valence-electron chi connectivity index (χ2n) is 9.96. The molecule has 33 heavy (non-hydrogen) atoms. The number of anilines is 1. The third-order valence-corrected chi connectivity index (χ3v) is 9.41. The van der Waals surface area contributed by atoms with E-state index in [1.807, 2.05) is 0 Å². The average Bonchev–Trinajstić information content (AvgIpc) is 3.42. The highest BCUT2D eigenvalue weighted by molar-refractivity contribution is 7.90. The molecule has 6 nitrogen and oxygen atoms in total. The summed E-state index contributed by atoms with van der Waals surface area (Å²) in [6.07, 6.45) is 9.60. The lowest BCUT2D eigenvalue weighted by atomic mass is 9.82. The van der Waals surface area contributed by atoms with Gasteiger partial charge in [0.05, 0.1) is 4.90 Å². The Bertz CT molecular complexity index is 1260. The molecule has 0 aromatic heterocycles. The van der Waals surface area contributed by atoms with Crippen LogP contribution >= 0.6 is 0 Å². The maximum absolute atomic E-state index is 13.1. The van der Waals surface area contributed by atoms with Crippen molar-refractivity contribution in [3.63, 3.8) is 0 Å². The first-order valence-corrected chi connectivity index (χ1v) is 13.6. The molecule has 2 bridgehead atoms. The molecule has 0 radical (unpaired) electrons. The quantitative estimate of drug-likeness (QED) is 0.692. The summed E-state index contributed by atoms with van der Waals surface area (Å²) in [7, 11) is -4.11. The number of carbonyl (C=O) groups excluding carboxylic acids is 2. The first kappa shape index (κ1) is 20.9. The van der Waals surface area contributed by atoms with Crippen molar-refractivity contribution in [1.29, 1.82) is 0 Å². The lowest BCUT2D eigenvalue weighted by Crippen LogP contribution is -2.35. The lowest BCUT2D eigenvalue weighted by molar-refractivity contribution is 0.0898. The van der Waals surface area contributed by atoms with E-state index in [4.69, 9.17) is 0 Å². The molecule has 7 heteroatoms. The monoisotopic (exact) mass is 464 g/mol. The predicted octanol–water partition coefficient (Wildman–Crippen LogP) is 4.64. The van der Waals surface area contributed by atoms with Crippen molar-refractivity contribution in [2.24, 2.45) is 5.92 Å². The molecule has 2 aromatic carbocycles. The highest BCUT2D eigenvalue weighted by Gasteiger charge is 2.36. The van der Waals surface area contributed by atoms with Crippen LogP contribution in [0.2, 0.25) is 0 Å². The van der Waals surface area contributed by atoms with Gasteiger partial charge in [-0.15, -0.1) is 0 Å². The number of rotatable bonds is 3. The van der Waals surface area contributed by atoms with Crippen LogP contribution in [0.15, 0.2) is 29.2 Å². The highest BCUT2D eigenvalue weighted by Crippen LogP contribution is 2.43. The fourth-order valence-electron chi connectivity index (χ4n) is 6.45. The Balaban J connectivity index is 1.27. The summed E-state index contributed by atoms with van der Waals surface area (Å²) in [6.45, 7) is 0. The van der Waals surface area contributed by atoms with E-state index in [2.05, 4.69) is 16.1 Å². The zero-order valence-electron chi connectivity index (χ0n) is 18.6. The van der Waals surface area contributed by atoms with Crippen molar-refractivity contribution in [2.45, 2.75) is 75.0 Å². The molecule has 1 fully saturated rings. The van der Waals surface area contributed by atoms with Crippen molar-refractivity contribution < 1.29 is 18.0 Å². The van der Waals surface area contributed by atoms with Crippen LogP contribution in [-0.4, -0.2) is 20.2 Å². The van der Waals surface area contributed by atoms with Crippen molar-refractivity contribution in [3.05, 3.63) is 57.6 Å². The predicted molar refractivity (Wildman–Crippen MR) is 125 cm³/mol. The van der Waals surface area contributed by atoms with E-state index in [0.29, 0.717) is 11.5 Å². The summed E-state index contributed by atoms with van der Waals surface area (Å²) in [5.74, 6) is 0.346. The molecule has 0 spiro atoms. The number of ketones is 1. The van der Waals surface area contributed by atoms with Gasteiger partial charge in [0.15, 0.2) is 5.78 Å². The van der Waals surface area contributed by atoms with Crippen LogP contribution in [0.1, 0.15) is 82.6 Å². The SMILES string of the molecule is O=C(Nc1c2c(cc3c1CCC3)CCC2)NS(=O)(=O)c1ccc2c(c1)C(=O)C1CCC2CC1. The van der Waals surface area contributed by atoms with Crippen LogP contribution in [0, 0.1) is 5.92 Å². The summed E-state index contributed by atoms with van der Waals surface area (Å²) in [5.41, 5.74) is 7.11. The van der Waals surface area contributed by atoms with E-state index >= 15 is 0 Å². The van der Waals surface area contributed by atoms with E-state index in [1.165, 1.54) is 23.3 Å². The van der Waals surface area contributed by atoms with Gasteiger partial charge in [-0.25, -0.2) is 17.9 Å². The zero-order chi connectivity index (χ0) is 22.7. The Kier molecular flexibility index (Phi) is 4.87. The number of carbonyl (C=O) groups is 2. The molecule has 2 N–H and O–H groups in total. The van der Waals surface area contributed by atoms with Gasteiger partial charge in [0, 0.05) is 17.2 Å². The molecule has 2 aromatic rings. The Morgan fingerprint density at radius 2 is 1.48 bits per heavy atom. The molecule has 0 atom stereocenters. The molecule has 0 aliphatic heterocycles. The summed E-state index contributed by atoms with van der Waals surface area (Å²) in [6, 6.07) is 6.30. The molecular formula is C26H28N2O4S. The van der Waals surface area contributed by atoms with E-state index in [-0.39, 0.29) is 16.6 Å². The Morgan fingerprint density at radius 1 is 0.848 bits per heavy atom. The normalized spacial score (nSPS) is 23.0. The smallest absolute Gasteiger partial charge is 0.307 e. The van der Waals surface area contributed by atoms with E-state index in [0.717, 1.165) is 86.6 Å². The Hall–Kier alpha value is -2.67. The van der Waals surface area contributed by atoms with Crippen molar-refractivity contribution >= 4 is 27.5 Å². The minimum absolute atomic E-state index is 0.0148. The number of amides is 2. The Morgan fingerprint density at radius 3 is 2.15 bits per heavy atom. The third kappa shape index (κ3) is 3.48. The standard InChI is InChI=1S/C26H28N2O4S/c29-25-16-9-7-15(8-10-16)20-12-11-19(14-23(20)25)33(31,32)28-26(30)27-24-21-5-1-3-17(21)13-18-4-2-6-22(18)24/h11-16H,1-10H2,(H2,27,28,30). The molecule has 7 rings (SSSR count). The summed E-state index contributed by atoms with van der Waals surface area (Å²) >= 11 is 0. The topological polar surface area (TPSA) is 92.3 Å². The molecule has 5 aliphatic carbocycles. The van der Waals surface area contributed by atoms with Gasteiger partial charge < -0.3 is 5.32 Å². The molecule has 0 heterocycles. The fourth-order valence-corrected chi connectivity index (χ4v) is 7.38. The first-order valence-electron chi connectivity index (χ1n) is 12.1. The number of aryl methyl sites for hydroxylation is 2. The van der Waals surface area contributed by atoms with Gasteiger partial charge in [-0.3, -0.25) is 4.79 Å². The molecule has 172 valence electrons. The number of nitrogens with one attached hydrogen (secondary N) is 2. The maximum atomic E-state index is 13.1. The van der Waals surface area contributed by atoms with Crippen molar-refractivity contribution in [1.82, 2.24) is 4.72 Å². The van der Waals surface area contributed by atoms with Crippen LogP contribution in [0.4, 0.5) is 10.5 Å². The number of fused-ring (bicyclic) bond motifs is 4. The van der Waals surface area contributed by atoms with Crippen LogP contribution in [-0.2, 0) is 35.7 Å². The number of urea groups is 1. The molecule has 2 amide bonds. The van der Waals surface area contributed by atoms with Crippen molar-refractivity contribution in [2.75, 3.05) is 5.32 Å². The number of hydrogen-bond acceptors (Lipinski definition) is 4. The number of sulfonamides is 1. The highest BCUT2D eigenvalue weighted by atomic mass is 32.2. The molecular weight excluding hydrogens is 436 g/mol. The third-order valence-electron chi connectivity index (χ3n) is 8.08. The summed E-state index contributed by atoms with van der Waals surface area (Å²) < 4.78 is 28.3. The number of benzene rings is 2. The molecule has 5 aliphatic rings. The maximum Gasteiger partial charge on any atom is 0.333 e. The second-order valence-corrected chi connectivity index (χ2v) is 11.6. The lowest BCUT2D eigenvalue weighted by Gasteiger charge is -2.22. The van der Waals surface area contributed by atoms with E-state index in [1.54, 1.807) is 6.07 Å². The van der Waals surface area contributed by atoms with Crippen LogP contribution in [0.3, 0.4) is 0 Å².